The van der Waals surface area contributed by atoms with E-state index in [4.69, 9.17) is 0 Å². The highest BCUT2D eigenvalue weighted by Crippen LogP contribution is 2.57. The van der Waals surface area contributed by atoms with Gasteiger partial charge >= 0.3 is 0 Å². The zero-order valence-electron chi connectivity index (χ0n) is 46.0. The van der Waals surface area contributed by atoms with Crippen molar-refractivity contribution < 1.29 is 0 Å². The van der Waals surface area contributed by atoms with Crippen LogP contribution in [0.3, 0.4) is 0 Å². The highest BCUT2D eigenvalue weighted by atomic mass is 15.2. The first-order valence-corrected chi connectivity index (χ1v) is 27.5. The molecule has 0 spiro atoms. The van der Waals surface area contributed by atoms with Gasteiger partial charge in [0.1, 0.15) is 0 Å². The predicted octanol–water partition coefficient (Wildman–Crippen LogP) is 20.3. The Morgan fingerprint density at radius 2 is 0.785 bits per heavy atom. The lowest BCUT2D eigenvalue weighted by atomic mass is 9.78. The number of hydrogen-bond donors (Lipinski definition) is 0. The Morgan fingerprint density at radius 1 is 0.367 bits per heavy atom. The Labute approximate surface area is 465 Å². The van der Waals surface area contributed by atoms with Crippen LogP contribution in [0, 0.1) is 41.5 Å². The van der Waals surface area contributed by atoms with Crippen LogP contribution in [-0.4, -0.2) is 11.6 Å². The van der Waals surface area contributed by atoms with Gasteiger partial charge in [-0.3, -0.25) is 0 Å². The van der Waals surface area contributed by atoms with Crippen molar-refractivity contribution in [2.75, 3.05) is 26.6 Å². The minimum absolute atomic E-state index is 0.0700. The van der Waals surface area contributed by atoms with E-state index in [0.717, 1.165) is 73.0 Å². The van der Waals surface area contributed by atoms with Crippen molar-refractivity contribution in [2.24, 2.45) is 0 Å². The third kappa shape index (κ3) is 8.59. The van der Waals surface area contributed by atoms with Gasteiger partial charge in [0, 0.05) is 74.8 Å². The maximum absolute atomic E-state index is 2.59. The van der Waals surface area contributed by atoms with Gasteiger partial charge < -0.3 is 24.2 Å². The number of aromatic nitrogens is 1. The van der Waals surface area contributed by atoms with Gasteiger partial charge in [-0.2, -0.15) is 0 Å². The fourth-order valence-electron chi connectivity index (χ4n) is 13.1. The predicted molar refractivity (Wildman–Crippen MR) is 335 cm³/mol. The fourth-order valence-corrected chi connectivity index (χ4v) is 13.1. The molecule has 79 heavy (non-hydrogen) atoms. The van der Waals surface area contributed by atoms with Crippen LogP contribution in [0.2, 0.25) is 0 Å². The van der Waals surface area contributed by atoms with Crippen LogP contribution < -0.4 is 19.6 Å². The summed E-state index contributed by atoms with van der Waals surface area (Å²) < 4.78 is 2.53. The van der Waals surface area contributed by atoms with Gasteiger partial charge in [-0.15, -0.1) is 0 Å². The summed E-state index contributed by atoms with van der Waals surface area (Å²) in [5.41, 5.74) is 27.0. The highest BCUT2D eigenvalue weighted by Gasteiger charge is 2.38. The fraction of sp³-hybridized carbons (Fsp3) is 0.108. The van der Waals surface area contributed by atoms with E-state index < -0.39 is 0 Å². The molecule has 0 aliphatic carbocycles. The lowest BCUT2D eigenvalue weighted by Gasteiger charge is -2.42. The molecule has 384 valence electrons. The van der Waals surface area contributed by atoms with Gasteiger partial charge in [0.05, 0.1) is 33.8 Å². The summed E-state index contributed by atoms with van der Waals surface area (Å²) in [4.78, 5) is 9.82. The molecule has 5 nitrogen and oxygen atoms in total. The van der Waals surface area contributed by atoms with E-state index in [1.807, 2.05) is 0 Å². The zero-order valence-corrected chi connectivity index (χ0v) is 46.0. The minimum Gasteiger partial charge on any atom is -0.344 e. The van der Waals surface area contributed by atoms with Gasteiger partial charge in [-0.25, -0.2) is 0 Å². The molecule has 0 saturated carbocycles. The molecule has 1 atom stereocenters. The average molecular weight is 1020 g/mol. The van der Waals surface area contributed by atoms with Gasteiger partial charge in [-0.1, -0.05) is 157 Å². The monoisotopic (exact) mass is 1020 g/mol. The highest BCUT2D eigenvalue weighted by molar-refractivity contribution is 6.12. The number of benzene rings is 11. The van der Waals surface area contributed by atoms with Crippen molar-refractivity contribution in [1.82, 2.24) is 4.57 Å². The maximum atomic E-state index is 2.59. The number of aryl methyl sites for hydroxylation is 6. The quantitative estimate of drug-likeness (QED) is 0.128. The van der Waals surface area contributed by atoms with Crippen LogP contribution in [0.15, 0.2) is 249 Å². The van der Waals surface area contributed by atoms with Crippen molar-refractivity contribution in [3.8, 4) is 5.69 Å². The van der Waals surface area contributed by atoms with E-state index in [2.05, 4.69) is 321 Å². The van der Waals surface area contributed by atoms with Gasteiger partial charge in [0.25, 0.3) is 0 Å². The number of rotatable bonds is 11. The Hall–Kier alpha value is -9.58. The molecule has 1 aliphatic heterocycles. The third-order valence-electron chi connectivity index (χ3n) is 16.0. The van der Waals surface area contributed by atoms with Gasteiger partial charge in [0.15, 0.2) is 0 Å². The number of anilines is 11. The second kappa shape index (κ2) is 20.1. The summed E-state index contributed by atoms with van der Waals surface area (Å²) in [7, 11) is 2.28. The minimum atomic E-state index is -0.0700. The van der Waals surface area contributed by atoms with Crippen LogP contribution in [-0.2, 0) is 0 Å². The number of hydrogen-bond acceptors (Lipinski definition) is 4. The molecule has 13 rings (SSSR count). The van der Waals surface area contributed by atoms with E-state index in [1.165, 1.54) is 67.1 Å². The lowest BCUT2D eigenvalue weighted by molar-refractivity contribution is 0.924. The van der Waals surface area contributed by atoms with Crippen LogP contribution >= 0.6 is 0 Å². The lowest BCUT2D eigenvalue weighted by Crippen LogP contribution is -2.27. The van der Waals surface area contributed by atoms with Crippen LogP contribution in [0.4, 0.5) is 62.6 Å². The van der Waals surface area contributed by atoms with Gasteiger partial charge in [-0.05, 0) is 178 Å². The first-order chi connectivity index (χ1) is 38.6. The number of fused-ring (bicyclic) bond motifs is 5. The molecule has 5 heteroatoms. The molecule has 0 N–H and O–H groups in total. The Kier molecular flexibility index (Phi) is 12.5. The zero-order chi connectivity index (χ0) is 53.9. The van der Waals surface area contributed by atoms with Crippen molar-refractivity contribution in [2.45, 2.75) is 47.5 Å². The molecule has 11 aromatic carbocycles. The largest absolute Gasteiger partial charge is 0.344 e. The SMILES string of the molecule is Cc1cc(C)c(N(C)c2cc(-n3c4ccc(N(c5ccccc5)c5ccccc5)cc4c4cc(N(c5ccccc5)c5ccccc5)ccc43)cc3c2C(c2ccccc2)c2ccccc2N3c2c(C)cc(C)cc2C)c(C)c1. The van der Waals surface area contributed by atoms with E-state index in [1.54, 1.807) is 0 Å². The normalized spacial score (nSPS) is 12.8. The molecule has 0 saturated heterocycles. The molecular formula is C74H63N5. The molecule has 0 bridgehead atoms. The van der Waals surface area contributed by atoms with E-state index in [-0.39, 0.29) is 5.92 Å². The van der Waals surface area contributed by atoms with Crippen LogP contribution in [0.5, 0.6) is 0 Å². The molecule has 0 amide bonds. The molecule has 1 unspecified atom stereocenters. The first kappa shape index (κ1) is 49.0. The molecule has 1 aromatic heterocycles. The Balaban J connectivity index is 1.15. The Morgan fingerprint density at radius 3 is 1.25 bits per heavy atom. The number of nitrogens with zero attached hydrogens (tertiary/aromatic N) is 5. The summed E-state index contributed by atoms with van der Waals surface area (Å²) in [5.74, 6) is -0.0700. The molecule has 0 fully saturated rings. The summed E-state index contributed by atoms with van der Waals surface area (Å²) >= 11 is 0. The van der Waals surface area contributed by atoms with E-state index >= 15 is 0 Å². The molecular weight excluding hydrogens is 959 g/mol. The summed E-state index contributed by atoms with van der Waals surface area (Å²) in [6.07, 6.45) is 0. The topological polar surface area (TPSA) is 17.9 Å². The molecule has 1 aliphatic rings. The number of para-hydroxylation sites is 5. The summed E-state index contributed by atoms with van der Waals surface area (Å²) in [6, 6.07) is 91.6. The first-order valence-electron chi connectivity index (χ1n) is 27.5. The standard InChI is InChI=1S/C74H63N5/c1-49-41-51(3)73(52(4)42-49)75(7)69-47-62(48-70-72(69)71(55-25-13-8-14-26-55)63-35-23-24-36-66(63)79(70)74-53(5)43-50(2)44-54(74)6)78-67-39-37-60(76(56-27-15-9-16-28-56)57-29-17-10-18-30-57)45-64(67)65-46-61(38-40-68(65)78)77(58-31-19-11-20-32-58)59-33-21-12-22-34-59/h8-48,71H,1-7H3. The van der Waals surface area contributed by atoms with Crippen molar-refractivity contribution in [1.29, 1.82) is 0 Å². The maximum Gasteiger partial charge on any atom is 0.0545 e. The Bertz CT molecular complexity index is 3960. The molecule has 12 aromatic rings. The molecule has 2 heterocycles. The second-order valence-electron chi connectivity index (χ2n) is 21.4. The van der Waals surface area contributed by atoms with Crippen molar-refractivity contribution >= 4 is 84.4 Å². The average Bonchev–Trinajstić information content (AvgIpc) is 4.04. The van der Waals surface area contributed by atoms with Crippen LogP contribution in [0.1, 0.15) is 56.0 Å². The van der Waals surface area contributed by atoms with Crippen molar-refractivity contribution in [3.63, 3.8) is 0 Å². The third-order valence-corrected chi connectivity index (χ3v) is 16.0. The van der Waals surface area contributed by atoms with E-state index in [9.17, 15) is 0 Å². The van der Waals surface area contributed by atoms with Crippen LogP contribution in [0.25, 0.3) is 27.5 Å². The summed E-state index contributed by atoms with van der Waals surface area (Å²) in [6.45, 7) is 13.5. The smallest absolute Gasteiger partial charge is 0.0545 e. The van der Waals surface area contributed by atoms with Crippen molar-refractivity contribution in [3.05, 3.63) is 299 Å². The molecule has 0 radical (unpaired) electrons. The second-order valence-corrected chi connectivity index (χ2v) is 21.4. The summed E-state index contributed by atoms with van der Waals surface area (Å²) in [5, 5.41) is 2.31. The van der Waals surface area contributed by atoms with E-state index in [0.29, 0.717) is 0 Å². The van der Waals surface area contributed by atoms with Gasteiger partial charge in [0.2, 0.25) is 0 Å².